The molecule has 3 aromatic rings. The zero-order valence-electron chi connectivity index (χ0n) is 15.6. The van der Waals surface area contributed by atoms with Crippen LogP contribution in [0.15, 0.2) is 36.7 Å². The summed E-state index contributed by atoms with van der Waals surface area (Å²) in [4.78, 5) is 6.87. The molecule has 3 N–H and O–H groups in total. The van der Waals surface area contributed by atoms with Crippen LogP contribution in [-0.4, -0.2) is 39.4 Å². The van der Waals surface area contributed by atoms with Crippen molar-refractivity contribution in [3.05, 3.63) is 53.6 Å². The van der Waals surface area contributed by atoms with E-state index >= 15 is 0 Å². The van der Waals surface area contributed by atoms with Gasteiger partial charge in [-0.05, 0) is 50.1 Å². The number of hydrogen-bond acceptors (Lipinski definition) is 6. The first-order valence-corrected chi connectivity index (χ1v) is 9.54. The molecular weight excluding hydrogens is 361 g/mol. The Morgan fingerprint density at radius 1 is 1.32 bits per heavy atom. The van der Waals surface area contributed by atoms with Gasteiger partial charge in [0.2, 0.25) is 0 Å². The number of aromatic nitrogens is 3. The predicted octanol–water partition coefficient (Wildman–Crippen LogP) is 2.43. The predicted molar refractivity (Wildman–Crippen MR) is 104 cm³/mol. The molecule has 1 fully saturated rings. The third-order valence-electron chi connectivity index (χ3n) is 5.08. The van der Waals surface area contributed by atoms with Gasteiger partial charge in [0, 0.05) is 23.9 Å². The third kappa shape index (κ3) is 3.53. The van der Waals surface area contributed by atoms with Crippen LogP contribution in [0, 0.1) is 5.82 Å². The van der Waals surface area contributed by atoms with Crippen molar-refractivity contribution in [2.24, 2.45) is 5.73 Å². The average Bonchev–Trinajstić information content (AvgIpc) is 3.35. The van der Waals surface area contributed by atoms with Crippen molar-refractivity contribution >= 4 is 11.5 Å². The van der Waals surface area contributed by atoms with E-state index in [1.54, 1.807) is 22.8 Å². The third-order valence-corrected chi connectivity index (χ3v) is 5.08. The number of benzene rings is 1. The van der Waals surface area contributed by atoms with E-state index in [0.717, 1.165) is 37.2 Å². The van der Waals surface area contributed by atoms with E-state index in [1.165, 1.54) is 6.07 Å². The minimum Gasteiger partial charge on any atom is -0.493 e. The molecule has 0 unspecified atom stereocenters. The number of nitrogens with zero attached hydrogens (tertiary/aromatic N) is 4. The Morgan fingerprint density at radius 2 is 2.21 bits per heavy atom. The van der Waals surface area contributed by atoms with Crippen LogP contribution in [0.5, 0.6) is 5.75 Å². The molecule has 2 aromatic heterocycles. The van der Waals surface area contributed by atoms with Gasteiger partial charge in [-0.15, -0.1) is 0 Å². The lowest BCUT2D eigenvalue weighted by atomic mass is 10.0. The summed E-state index contributed by atoms with van der Waals surface area (Å²) in [6.07, 6.45) is 6.05. The van der Waals surface area contributed by atoms with Gasteiger partial charge in [0.25, 0.3) is 0 Å². The lowest BCUT2D eigenvalue weighted by Gasteiger charge is -2.27. The summed E-state index contributed by atoms with van der Waals surface area (Å²) in [5.74, 6) is 1.19. The second-order valence-electron chi connectivity index (χ2n) is 6.91. The van der Waals surface area contributed by atoms with Crippen LogP contribution in [0.1, 0.15) is 36.4 Å². The Bertz CT molecular complexity index is 961. The van der Waals surface area contributed by atoms with Gasteiger partial charge in [-0.2, -0.15) is 5.10 Å². The Morgan fingerprint density at radius 3 is 3.04 bits per heavy atom. The van der Waals surface area contributed by atoms with Crippen LogP contribution in [0.25, 0.3) is 5.65 Å². The summed E-state index contributed by atoms with van der Waals surface area (Å²) in [5.41, 5.74) is 7.68. The summed E-state index contributed by atoms with van der Waals surface area (Å²) in [5, 5.41) is 13.7. The Balaban J connectivity index is 1.68. The van der Waals surface area contributed by atoms with Crippen molar-refractivity contribution < 1.29 is 14.2 Å². The van der Waals surface area contributed by atoms with Gasteiger partial charge in [-0.3, -0.25) is 0 Å². The Kier molecular flexibility index (Phi) is 5.40. The summed E-state index contributed by atoms with van der Waals surface area (Å²) >= 11 is 0. The number of rotatable bonds is 7. The molecule has 7 nitrogen and oxygen atoms in total. The van der Waals surface area contributed by atoms with Gasteiger partial charge in [-0.25, -0.2) is 13.9 Å². The molecule has 0 bridgehead atoms. The van der Waals surface area contributed by atoms with Crippen LogP contribution in [0.2, 0.25) is 0 Å². The van der Waals surface area contributed by atoms with Crippen LogP contribution < -0.4 is 15.4 Å². The molecule has 28 heavy (non-hydrogen) atoms. The Labute approximate surface area is 162 Å². The quantitative estimate of drug-likeness (QED) is 0.607. The van der Waals surface area contributed by atoms with Crippen molar-refractivity contribution in [2.45, 2.75) is 31.9 Å². The molecule has 1 saturated heterocycles. The number of aliphatic hydroxyl groups is 1. The SMILES string of the molecule is NCCCOc1ccc(F)cc1[C@H]1CCCN1c1ccn2ncc(CO)c2n1. The van der Waals surface area contributed by atoms with Crippen LogP contribution in [-0.2, 0) is 6.61 Å². The number of nitrogens with two attached hydrogens (primary N) is 1. The van der Waals surface area contributed by atoms with Crippen molar-refractivity contribution in [1.29, 1.82) is 0 Å². The zero-order valence-corrected chi connectivity index (χ0v) is 15.6. The molecule has 148 valence electrons. The van der Waals surface area contributed by atoms with Gasteiger partial charge in [-0.1, -0.05) is 0 Å². The van der Waals surface area contributed by atoms with Gasteiger partial charge in [0.15, 0.2) is 5.65 Å². The molecule has 0 amide bonds. The van der Waals surface area contributed by atoms with Crippen molar-refractivity contribution in [3.63, 3.8) is 0 Å². The highest BCUT2D eigenvalue weighted by atomic mass is 19.1. The first-order chi connectivity index (χ1) is 13.7. The van der Waals surface area contributed by atoms with E-state index in [9.17, 15) is 9.50 Å². The lowest BCUT2D eigenvalue weighted by Crippen LogP contribution is -2.24. The summed E-state index contributed by atoms with van der Waals surface area (Å²) in [7, 11) is 0. The standard InChI is InChI=1S/C20H24FN5O2/c21-15-4-5-18(28-10-2-7-22)16(11-15)17-3-1-8-25(17)19-6-9-26-20(24-19)14(13-27)12-23-26/h4-6,9,11-12,17,27H,1-3,7-8,10,13,22H2/t17-/m1/s1. The van der Waals surface area contributed by atoms with Gasteiger partial charge in [0.05, 0.1) is 25.5 Å². The molecule has 8 heteroatoms. The topological polar surface area (TPSA) is 88.9 Å². The van der Waals surface area contributed by atoms with Crippen LogP contribution in [0.3, 0.4) is 0 Å². The molecule has 0 spiro atoms. The van der Waals surface area contributed by atoms with E-state index < -0.39 is 0 Å². The number of hydrogen-bond donors (Lipinski definition) is 2. The second kappa shape index (κ2) is 8.12. The minimum atomic E-state index is -0.283. The van der Waals surface area contributed by atoms with Crippen molar-refractivity contribution in [3.8, 4) is 5.75 Å². The molecule has 0 aliphatic carbocycles. The zero-order chi connectivity index (χ0) is 19.5. The van der Waals surface area contributed by atoms with Gasteiger partial charge in [0.1, 0.15) is 17.4 Å². The molecule has 1 aromatic carbocycles. The molecular formula is C20H24FN5O2. The Hall–Kier alpha value is -2.71. The van der Waals surface area contributed by atoms with Gasteiger partial charge < -0.3 is 20.5 Å². The van der Waals surface area contributed by atoms with Crippen molar-refractivity contribution in [1.82, 2.24) is 14.6 Å². The maximum atomic E-state index is 14.0. The molecule has 4 rings (SSSR count). The number of anilines is 1. The van der Waals surface area contributed by atoms with Crippen LogP contribution >= 0.6 is 0 Å². The summed E-state index contributed by atoms with van der Waals surface area (Å²) < 4.78 is 21.6. The van der Waals surface area contributed by atoms with E-state index in [0.29, 0.717) is 30.1 Å². The highest BCUT2D eigenvalue weighted by Crippen LogP contribution is 2.39. The molecule has 1 aliphatic rings. The summed E-state index contributed by atoms with van der Waals surface area (Å²) in [6.45, 7) is 1.75. The average molecular weight is 385 g/mol. The highest BCUT2D eigenvalue weighted by molar-refractivity contribution is 5.55. The number of ether oxygens (including phenoxy) is 1. The van der Waals surface area contributed by atoms with E-state index in [2.05, 4.69) is 10.00 Å². The first kappa shape index (κ1) is 18.6. The normalized spacial score (nSPS) is 16.8. The van der Waals surface area contributed by atoms with E-state index in [4.69, 9.17) is 15.5 Å². The van der Waals surface area contributed by atoms with E-state index in [-0.39, 0.29) is 18.5 Å². The maximum absolute atomic E-state index is 14.0. The number of fused-ring (bicyclic) bond motifs is 1. The van der Waals surface area contributed by atoms with Gasteiger partial charge >= 0.3 is 0 Å². The molecule has 1 aliphatic heterocycles. The fraction of sp³-hybridized carbons (Fsp3) is 0.400. The molecule has 3 heterocycles. The summed E-state index contributed by atoms with van der Waals surface area (Å²) in [6, 6.07) is 6.53. The molecule has 0 radical (unpaired) electrons. The van der Waals surface area contributed by atoms with Crippen molar-refractivity contribution in [2.75, 3.05) is 24.6 Å². The molecule has 0 saturated carbocycles. The maximum Gasteiger partial charge on any atom is 0.162 e. The van der Waals surface area contributed by atoms with Crippen LogP contribution in [0.4, 0.5) is 10.2 Å². The lowest BCUT2D eigenvalue weighted by molar-refractivity contribution is 0.283. The first-order valence-electron chi connectivity index (χ1n) is 9.54. The second-order valence-corrected chi connectivity index (χ2v) is 6.91. The fourth-order valence-corrected chi connectivity index (χ4v) is 3.72. The fourth-order valence-electron chi connectivity index (χ4n) is 3.72. The van der Waals surface area contributed by atoms with E-state index in [1.807, 2.05) is 12.3 Å². The monoisotopic (exact) mass is 385 g/mol. The number of halogens is 1. The minimum absolute atomic E-state index is 0.0287. The smallest absolute Gasteiger partial charge is 0.162 e. The number of aliphatic hydroxyl groups excluding tert-OH is 1. The largest absolute Gasteiger partial charge is 0.493 e. The highest BCUT2D eigenvalue weighted by Gasteiger charge is 2.30. The molecule has 1 atom stereocenters.